The molecule has 86 valence electrons. The molecular formula is C8H9ClN4O3. The van der Waals surface area contributed by atoms with Crippen LogP contribution in [0.2, 0.25) is 5.15 Å². The first-order valence-corrected chi connectivity index (χ1v) is 5.06. The molecule has 1 saturated heterocycles. The van der Waals surface area contributed by atoms with Crippen molar-refractivity contribution in [1.29, 1.82) is 0 Å². The van der Waals surface area contributed by atoms with Crippen LogP contribution in [0.15, 0.2) is 0 Å². The Balaban J connectivity index is 2.40. The molecule has 0 aromatic carbocycles. The number of aromatic nitrogens is 2. The maximum Gasteiger partial charge on any atom is 0.348 e. The second-order valence-electron chi connectivity index (χ2n) is 3.37. The van der Waals surface area contributed by atoms with E-state index >= 15 is 0 Å². The fourth-order valence-corrected chi connectivity index (χ4v) is 1.81. The fraction of sp³-hybridized carbons (Fsp3) is 0.500. The number of ether oxygens (including phenoxy) is 1. The second kappa shape index (κ2) is 4.18. The molecule has 7 nitrogen and oxygen atoms in total. The maximum atomic E-state index is 10.6. The molecule has 1 fully saturated rings. The zero-order valence-electron chi connectivity index (χ0n) is 8.22. The van der Waals surface area contributed by atoms with Crippen molar-refractivity contribution in [3.8, 4) is 0 Å². The number of hydrogen-bond donors (Lipinski definition) is 1. The van der Waals surface area contributed by atoms with Crippen LogP contribution in [0, 0.1) is 10.1 Å². The van der Waals surface area contributed by atoms with Gasteiger partial charge in [0.15, 0.2) is 5.82 Å². The Morgan fingerprint density at radius 3 is 2.81 bits per heavy atom. The number of hydrogen-bond acceptors (Lipinski definition) is 6. The monoisotopic (exact) mass is 244 g/mol. The number of nitrogens with two attached hydrogens (primary N) is 1. The largest absolute Gasteiger partial charge is 0.378 e. The molecular weight excluding hydrogens is 236 g/mol. The average molecular weight is 245 g/mol. The Bertz CT molecular complexity index is 410. The quantitative estimate of drug-likeness (QED) is 0.480. The standard InChI is InChI=1S/C8H9ClN4O3/c9-6-5(13(14)15)7(10)12-8(11-6)4-2-1-3-16-4/h4H,1-3H2,(H2,10,11,12). The van der Waals surface area contributed by atoms with E-state index in [0.717, 1.165) is 12.8 Å². The van der Waals surface area contributed by atoms with Crippen LogP contribution >= 0.6 is 11.6 Å². The summed E-state index contributed by atoms with van der Waals surface area (Å²) >= 11 is 5.68. The molecule has 2 rings (SSSR count). The van der Waals surface area contributed by atoms with Gasteiger partial charge in [-0.05, 0) is 12.8 Å². The lowest BCUT2D eigenvalue weighted by molar-refractivity contribution is -0.384. The minimum absolute atomic E-state index is 0.226. The number of nitrogens with zero attached hydrogens (tertiary/aromatic N) is 3. The predicted molar refractivity (Wildman–Crippen MR) is 56.0 cm³/mol. The van der Waals surface area contributed by atoms with Gasteiger partial charge >= 0.3 is 5.69 Å². The highest BCUT2D eigenvalue weighted by Gasteiger charge is 2.26. The highest BCUT2D eigenvalue weighted by molar-refractivity contribution is 6.31. The van der Waals surface area contributed by atoms with E-state index in [0.29, 0.717) is 12.4 Å². The predicted octanol–water partition coefficient (Wildman–Crippen LogP) is 1.47. The van der Waals surface area contributed by atoms with Gasteiger partial charge in [0.1, 0.15) is 6.10 Å². The van der Waals surface area contributed by atoms with Crippen molar-refractivity contribution in [2.45, 2.75) is 18.9 Å². The van der Waals surface area contributed by atoms with E-state index in [1.807, 2.05) is 0 Å². The zero-order chi connectivity index (χ0) is 11.7. The molecule has 1 aliphatic heterocycles. The van der Waals surface area contributed by atoms with Gasteiger partial charge < -0.3 is 10.5 Å². The third kappa shape index (κ3) is 1.91. The van der Waals surface area contributed by atoms with Gasteiger partial charge in [0, 0.05) is 6.61 Å². The summed E-state index contributed by atoms with van der Waals surface area (Å²) < 4.78 is 5.34. The average Bonchev–Trinajstić information content (AvgIpc) is 2.67. The summed E-state index contributed by atoms with van der Waals surface area (Å²) in [4.78, 5) is 17.6. The fourth-order valence-electron chi connectivity index (χ4n) is 1.55. The summed E-state index contributed by atoms with van der Waals surface area (Å²) in [5.74, 6) is 0.0844. The van der Waals surface area contributed by atoms with E-state index in [-0.39, 0.29) is 17.1 Å². The summed E-state index contributed by atoms with van der Waals surface area (Å²) in [5.41, 5.74) is 5.00. The summed E-state index contributed by atoms with van der Waals surface area (Å²) in [5, 5.41) is 10.4. The second-order valence-corrected chi connectivity index (χ2v) is 3.72. The van der Waals surface area contributed by atoms with Crippen molar-refractivity contribution < 1.29 is 9.66 Å². The Morgan fingerprint density at radius 1 is 1.56 bits per heavy atom. The Kier molecular flexibility index (Phi) is 2.88. The molecule has 0 spiro atoms. The van der Waals surface area contributed by atoms with Gasteiger partial charge in [-0.15, -0.1) is 0 Å². The summed E-state index contributed by atoms with van der Waals surface area (Å²) in [6, 6.07) is 0. The van der Waals surface area contributed by atoms with Gasteiger partial charge in [-0.3, -0.25) is 10.1 Å². The molecule has 0 amide bonds. The van der Waals surface area contributed by atoms with Crippen molar-refractivity contribution in [3.63, 3.8) is 0 Å². The van der Waals surface area contributed by atoms with Gasteiger partial charge in [-0.2, -0.15) is 0 Å². The van der Waals surface area contributed by atoms with E-state index in [1.165, 1.54) is 0 Å². The number of nitro groups is 1. The molecule has 8 heteroatoms. The smallest absolute Gasteiger partial charge is 0.348 e. The Morgan fingerprint density at radius 2 is 2.31 bits per heavy atom. The normalized spacial score (nSPS) is 19.9. The number of anilines is 1. The van der Waals surface area contributed by atoms with E-state index in [9.17, 15) is 10.1 Å². The van der Waals surface area contributed by atoms with Crippen molar-refractivity contribution in [2.24, 2.45) is 0 Å². The first-order chi connectivity index (χ1) is 7.59. The van der Waals surface area contributed by atoms with Crippen molar-refractivity contribution in [2.75, 3.05) is 12.3 Å². The molecule has 0 radical (unpaired) electrons. The van der Waals surface area contributed by atoms with Crippen LogP contribution in [0.5, 0.6) is 0 Å². The zero-order valence-corrected chi connectivity index (χ0v) is 8.98. The van der Waals surface area contributed by atoms with Crippen molar-refractivity contribution in [1.82, 2.24) is 9.97 Å². The Labute approximate surface area is 95.7 Å². The molecule has 0 aliphatic carbocycles. The van der Waals surface area contributed by atoms with Gasteiger partial charge in [0.05, 0.1) is 4.92 Å². The minimum Gasteiger partial charge on any atom is -0.378 e. The first kappa shape index (κ1) is 11.0. The molecule has 0 saturated carbocycles. The number of halogens is 1. The third-order valence-corrected chi connectivity index (χ3v) is 2.55. The summed E-state index contributed by atoms with van der Waals surface area (Å²) in [7, 11) is 0. The van der Waals surface area contributed by atoms with Crippen LogP contribution in [-0.4, -0.2) is 21.5 Å². The van der Waals surface area contributed by atoms with Crippen LogP contribution in [0.3, 0.4) is 0 Å². The van der Waals surface area contributed by atoms with Crippen molar-refractivity contribution >= 4 is 23.1 Å². The minimum atomic E-state index is -0.697. The van der Waals surface area contributed by atoms with Gasteiger partial charge in [0.25, 0.3) is 0 Å². The molecule has 0 bridgehead atoms. The SMILES string of the molecule is Nc1nc(C2CCCO2)nc(Cl)c1[N+](=O)[O-]. The maximum absolute atomic E-state index is 10.6. The van der Waals surface area contributed by atoms with Gasteiger partial charge in [-0.1, -0.05) is 11.6 Å². The van der Waals surface area contributed by atoms with E-state index < -0.39 is 10.6 Å². The molecule has 16 heavy (non-hydrogen) atoms. The lowest BCUT2D eigenvalue weighted by Gasteiger charge is -2.08. The summed E-state index contributed by atoms with van der Waals surface area (Å²) in [6.07, 6.45) is 1.41. The van der Waals surface area contributed by atoms with Crippen LogP contribution in [0.25, 0.3) is 0 Å². The van der Waals surface area contributed by atoms with Gasteiger partial charge in [-0.25, -0.2) is 9.97 Å². The van der Waals surface area contributed by atoms with Crippen LogP contribution in [0.4, 0.5) is 11.5 Å². The topological polar surface area (TPSA) is 104 Å². The first-order valence-electron chi connectivity index (χ1n) is 4.68. The van der Waals surface area contributed by atoms with Crippen LogP contribution < -0.4 is 5.73 Å². The van der Waals surface area contributed by atoms with Crippen LogP contribution in [0.1, 0.15) is 24.8 Å². The Hall–Kier alpha value is -1.47. The molecule has 1 aromatic rings. The highest BCUT2D eigenvalue weighted by Crippen LogP contribution is 2.32. The number of nitrogen functional groups attached to an aromatic ring is 1. The number of rotatable bonds is 2. The van der Waals surface area contributed by atoms with E-state index in [1.54, 1.807) is 0 Å². The molecule has 1 aliphatic rings. The van der Waals surface area contributed by atoms with Crippen LogP contribution in [-0.2, 0) is 4.74 Å². The van der Waals surface area contributed by atoms with E-state index in [2.05, 4.69) is 9.97 Å². The lowest BCUT2D eigenvalue weighted by atomic mass is 10.2. The lowest BCUT2D eigenvalue weighted by Crippen LogP contribution is -2.08. The molecule has 2 heterocycles. The van der Waals surface area contributed by atoms with Gasteiger partial charge in [0.2, 0.25) is 11.0 Å². The van der Waals surface area contributed by atoms with Crippen molar-refractivity contribution in [3.05, 3.63) is 21.1 Å². The molecule has 2 N–H and O–H groups in total. The molecule has 1 atom stereocenters. The van der Waals surface area contributed by atoms with E-state index in [4.69, 9.17) is 22.1 Å². The molecule has 1 aromatic heterocycles. The molecule has 1 unspecified atom stereocenters. The highest BCUT2D eigenvalue weighted by atomic mass is 35.5. The summed E-state index contributed by atoms with van der Waals surface area (Å²) in [6.45, 7) is 0.628. The third-order valence-electron chi connectivity index (χ3n) is 2.29.